The van der Waals surface area contributed by atoms with Crippen molar-refractivity contribution < 1.29 is 4.39 Å². The summed E-state index contributed by atoms with van der Waals surface area (Å²) in [6.45, 7) is 6.16. The van der Waals surface area contributed by atoms with E-state index >= 15 is 0 Å². The van der Waals surface area contributed by atoms with Crippen LogP contribution in [0.1, 0.15) is 37.6 Å². The number of hydrogen-bond acceptors (Lipinski definition) is 2. The zero-order valence-corrected chi connectivity index (χ0v) is 13.5. The van der Waals surface area contributed by atoms with Crippen molar-refractivity contribution in [1.29, 1.82) is 0 Å². The molecular weight excluding hydrogens is 321 g/mol. The minimum absolute atomic E-state index is 0.0827. The van der Waals surface area contributed by atoms with Crippen LogP contribution in [0.4, 0.5) is 4.39 Å². The van der Waals surface area contributed by atoms with Crippen molar-refractivity contribution in [2.24, 2.45) is 11.7 Å². The molecular formula is C15H19BrFN3. The lowest BCUT2D eigenvalue weighted by Crippen LogP contribution is -2.17. The molecule has 2 N–H and O–H groups in total. The number of imidazole rings is 1. The Balaban J connectivity index is 2.44. The number of hydrogen-bond donors (Lipinski definition) is 1. The maximum Gasteiger partial charge on any atom is 0.137 e. The molecule has 1 aromatic carbocycles. The molecule has 1 heterocycles. The smallest absolute Gasteiger partial charge is 0.137 e. The van der Waals surface area contributed by atoms with Gasteiger partial charge in [-0.3, -0.25) is 0 Å². The van der Waals surface area contributed by atoms with Gasteiger partial charge in [0.2, 0.25) is 0 Å². The zero-order chi connectivity index (χ0) is 14.9. The Hall–Kier alpha value is -1.20. The largest absolute Gasteiger partial charge is 0.323 e. The third-order valence-electron chi connectivity index (χ3n) is 3.27. The Kier molecular flexibility index (Phi) is 4.60. The van der Waals surface area contributed by atoms with Gasteiger partial charge < -0.3 is 10.3 Å². The van der Waals surface area contributed by atoms with Crippen LogP contribution < -0.4 is 5.73 Å². The van der Waals surface area contributed by atoms with Gasteiger partial charge in [-0.2, -0.15) is 0 Å². The molecule has 1 unspecified atom stereocenters. The Bertz CT molecular complexity index is 607. The van der Waals surface area contributed by atoms with Crippen molar-refractivity contribution in [3.8, 4) is 5.69 Å². The molecule has 0 bridgehead atoms. The summed E-state index contributed by atoms with van der Waals surface area (Å²) in [4.78, 5) is 4.19. The van der Waals surface area contributed by atoms with Gasteiger partial charge in [-0.05, 0) is 52.9 Å². The molecule has 0 spiro atoms. The number of benzene rings is 1. The van der Waals surface area contributed by atoms with E-state index in [4.69, 9.17) is 5.73 Å². The van der Waals surface area contributed by atoms with Crippen LogP contribution in [0.25, 0.3) is 5.69 Å². The standard InChI is InChI=1S/C15H19BrFN3/c1-9(2)4-13(18)15-7-19-8-20(15)14-6-11(16)12(17)5-10(14)3/h5-9,13H,4,18H2,1-3H3. The SMILES string of the molecule is Cc1cc(F)c(Br)cc1-n1cncc1C(N)CC(C)C. The van der Waals surface area contributed by atoms with Gasteiger partial charge in [-0.15, -0.1) is 0 Å². The van der Waals surface area contributed by atoms with E-state index in [0.29, 0.717) is 10.4 Å². The molecule has 5 heteroatoms. The minimum Gasteiger partial charge on any atom is -0.323 e. The highest BCUT2D eigenvalue weighted by Crippen LogP contribution is 2.27. The molecule has 2 rings (SSSR count). The summed E-state index contributed by atoms with van der Waals surface area (Å²) in [6.07, 6.45) is 4.39. The summed E-state index contributed by atoms with van der Waals surface area (Å²) in [5.41, 5.74) is 8.94. The van der Waals surface area contributed by atoms with Gasteiger partial charge in [0.15, 0.2) is 0 Å². The Morgan fingerprint density at radius 2 is 2.10 bits per heavy atom. The lowest BCUT2D eigenvalue weighted by atomic mass is 10.0. The summed E-state index contributed by atoms with van der Waals surface area (Å²) < 4.78 is 15.9. The minimum atomic E-state index is -0.264. The second-order valence-corrected chi connectivity index (χ2v) is 6.33. The van der Waals surface area contributed by atoms with Gasteiger partial charge >= 0.3 is 0 Å². The monoisotopic (exact) mass is 339 g/mol. The first-order valence-electron chi connectivity index (χ1n) is 6.64. The van der Waals surface area contributed by atoms with E-state index in [1.807, 2.05) is 11.5 Å². The van der Waals surface area contributed by atoms with Gasteiger partial charge in [-0.1, -0.05) is 13.8 Å². The molecule has 0 fully saturated rings. The first-order chi connectivity index (χ1) is 9.40. The summed E-state index contributed by atoms with van der Waals surface area (Å²) in [6, 6.07) is 3.19. The molecule has 20 heavy (non-hydrogen) atoms. The van der Waals surface area contributed by atoms with Gasteiger partial charge in [-0.25, -0.2) is 9.37 Å². The molecule has 0 radical (unpaired) electrons. The first-order valence-corrected chi connectivity index (χ1v) is 7.43. The highest BCUT2D eigenvalue weighted by molar-refractivity contribution is 9.10. The van der Waals surface area contributed by atoms with Crippen molar-refractivity contribution in [3.05, 3.63) is 46.2 Å². The highest BCUT2D eigenvalue weighted by atomic mass is 79.9. The fraction of sp³-hybridized carbons (Fsp3) is 0.400. The average molecular weight is 340 g/mol. The van der Waals surface area contributed by atoms with E-state index in [9.17, 15) is 4.39 Å². The van der Waals surface area contributed by atoms with E-state index in [2.05, 4.69) is 34.8 Å². The lowest BCUT2D eigenvalue weighted by Gasteiger charge is -2.18. The Morgan fingerprint density at radius 3 is 2.75 bits per heavy atom. The number of halogens is 2. The molecule has 2 aromatic rings. The van der Waals surface area contributed by atoms with Gasteiger partial charge in [0.05, 0.1) is 28.4 Å². The van der Waals surface area contributed by atoms with Crippen LogP contribution in [0.2, 0.25) is 0 Å². The molecule has 1 aromatic heterocycles. The number of aryl methyl sites for hydroxylation is 1. The van der Waals surface area contributed by atoms with E-state index < -0.39 is 0 Å². The molecule has 0 aliphatic heterocycles. The van der Waals surface area contributed by atoms with Crippen molar-refractivity contribution in [2.45, 2.75) is 33.2 Å². The van der Waals surface area contributed by atoms with Crippen LogP contribution >= 0.6 is 15.9 Å². The topological polar surface area (TPSA) is 43.8 Å². The second kappa shape index (κ2) is 6.06. The zero-order valence-electron chi connectivity index (χ0n) is 11.9. The fourth-order valence-corrected chi connectivity index (χ4v) is 2.64. The molecule has 1 atom stereocenters. The number of aromatic nitrogens is 2. The maximum absolute atomic E-state index is 13.5. The van der Waals surface area contributed by atoms with Crippen LogP contribution in [0.5, 0.6) is 0 Å². The Labute approximate surface area is 127 Å². The molecule has 0 saturated heterocycles. The molecule has 0 amide bonds. The van der Waals surface area contributed by atoms with E-state index in [0.717, 1.165) is 23.4 Å². The highest BCUT2D eigenvalue weighted by Gasteiger charge is 2.16. The van der Waals surface area contributed by atoms with Gasteiger partial charge in [0, 0.05) is 6.04 Å². The van der Waals surface area contributed by atoms with Crippen LogP contribution in [0.15, 0.2) is 29.1 Å². The Morgan fingerprint density at radius 1 is 1.40 bits per heavy atom. The predicted octanol–water partition coefficient (Wildman–Crippen LogP) is 4.13. The van der Waals surface area contributed by atoms with Crippen LogP contribution in [0, 0.1) is 18.7 Å². The third kappa shape index (κ3) is 3.10. The van der Waals surface area contributed by atoms with Crippen molar-refractivity contribution in [1.82, 2.24) is 9.55 Å². The summed E-state index contributed by atoms with van der Waals surface area (Å²) in [7, 11) is 0. The maximum atomic E-state index is 13.5. The predicted molar refractivity (Wildman–Crippen MR) is 82.3 cm³/mol. The molecule has 0 saturated carbocycles. The normalized spacial score (nSPS) is 12.9. The molecule has 0 aliphatic carbocycles. The van der Waals surface area contributed by atoms with Crippen LogP contribution in [-0.4, -0.2) is 9.55 Å². The summed E-state index contributed by atoms with van der Waals surface area (Å²) in [5.74, 6) is 0.244. The average Bonchev–Trinajstić information content (AvgIpc) is 2.81. The summed E-state index contributed by atoms with van der Waals surface area (Å²) in [5, 5.41) is 0. The van der Waals surface area contributed by atoms with Gasteiger partial charge in [0.1, 0.15) is 5.82 Å². The second-order valence-electron chi connectivity index (χ2n) is 5.48. The summed E-state index contributed by atoms with van der Waals surface area (Å²) >= 11 is 3.23. The number of rotatable bonds is 4. The number of nitrogens with two attached hydrogens (primary N) is 1. The quantitative estimate of drug-likeness (QED) is 0.910. The first kappa shape index (κ1) is 15.2. The van der Waals surface area contributed by atoms with E-state index in [1.165, 1.54) is 6.07 Å². The van der Waals surface area contributed by atoms with Crippen LogP contribution in [-0.2, 0) is 0 Å². The van der Waals surface area contributed by atoms with Crippen molar-refractivity contribution in [2.75, 3.05) is 0 Å². The number of nitrogens with zero attached hydrogens (tertiary/aromatic N) is 2. The molecule has 0 aliphatic rings. The van der Waals surface area contributed by atoms with Crippen molar-refractivity contribution >= 4 is 15.9 Å². The van der Waals surface area contributed by atoms with Gasteiger partial charge in [0.25, 0.3) is 0 Å². The van der Waals surface area contributed by atoms with E-state index in [1.54, 1.807) is 18.6 Å². The van der Waals surface area contributed by atoms with Crippen molar-refractivity contribution in [3.63, 3.8) is 0 Å². The fourth-order valence-electron chi connectivity index (χ4n) is 2.30. The van der Waals surface area contributed by atoms with E-state index in [-0.39, 0.29) is 11.9 Å². The lowest BCUT2D eigenvalue weighted by molar-refractivity contribution is 0.497. The molecule has 108 valence electrons. The third-order valence-corrected chi connectivity index (χ3v) is 3.88. The van der Waals surface area contributed by atoms with Crippen LogP contribution in [0.3, 0.4) is 0 Å². The molecule has 3 nitrogen and oxygen atoms in total.